The zero-order valence-electron chi connectivity index (χ0n) is 14.1. The third-order valence-corrected chi connectivity index (χ3v) is 5.74. The molecule has 0 amide bonds. The quantitative estimate of drug-likeness (QED) is 0.846. The molecule has 0 atom stereocenters. The summed E-state index contributed by atoms with van der Waals surface area (Å²) >= 11 is 0. The lowest BCUT2D eigenvalue weighted by Gasteiger charge is -2.27. The smallest absolute Gasteiger partial charge is 0.0237 e. The lowest BCUT2D eigenvalue weighted by atomic mass is 9.81. The lowest BCUT2D eigenvalue weighted by Crippen LogP contribution is -2.42. The molecule has 4 rings (SSSR count). The van der Waals surface area contributed by atoms with E-state index in [-0.39, 0.29) is 5.54 Å². The lowest BCUT2D eigenvalue weighted by molar-refractivity contribution is 0.314. The van der Waals surface area contributed by atoms with Crippen LogP contribution in [0.4, 0.5) is 0 Å². The molecule has 1 heteroatoms. The van der Waals surface area contributed by atoms with E-state index in [2.05, 4.69) is 60.8 Å². The Balaban J connectivity index is 1.38. The maximum Gasteiger partial charge on any atom is 0.0237 e. The van der Waals surface area contributed by atoms with Gasteiger partial charge < -0.3 is 5.32 Å². The molecule has 0 spiro atoms. The fourth-order valence-electron chi connectivity index (χ4n) is 4.14. The van der Waals surface area contributed by atoms with E-state index in [4.69, 9.17) is 0 Å². The Kier molecular flexibility index (Phi) is 3.98. The standard InChI is InChI=1S/C22H27N/c1-22(14-20-10-2-3-11-21(20)15-22)23-16-19-9-5-8-18(13-19)12-17-6-4-7-17/h2-3,5,8-11,13,17,23H,4,6-7,12,14-16H2,1H3. The van der Waals surface area contributed by atoms with E-state index in [1.54, 1.807) is 0 Å². The third-order valence-electron chi connectivity index (χ3n) is 5.74. The van der Waals surface area contributed by atoms with Gasteiger partial charge in [-0.25, -0.2) is 0 Å². The van der Waals surface area contributed by atoms with Gasteiger partial charge in [-0.3, -0.25) is 0 Å². The average molecular weight is 305 g/mol. The van der Waals surface area contributed by atoms with Crippen LogP contribution in [-0.4, -0.2) is 5.54 Å². The molecule has 0 saturated heterocycles. The normalized spacial score (nSPS) is 19.3. The zero-order valence-corrected chi connectivity index (χ0v) is 14.1. The van der Waals surface area contributed by atoms with Gasteiger partial charge >= 0.3 is 0 Å². The minimum absolute atomic E-state index is 0.202. The zero-order chi connectivity index (χ0) is 15.7. The van der Waals surface area contributed by atoms with E-state index in [0.717, 1.165) is 25.3 Å². The van der Waals surface area contributed by atoms with Crippen molar-refractivity contribution in [1.29, 1.82) is 0 Å². The number of fused-ring (bicyclic) bond motifs is 1. The fraction of sp³-hybridized carbons (Fsp3) is 0.455. The van der Waals surface area contributed by atoms with Crippen LogP contribution in [-0.2, 0) is 25.8 Å². The first kappa shape index (κ1) is 15.0. The Bertz CT molecular complexity index is 659. The second-order valence-electron chi connectivity index (χ2n) is 7.86. The van der Waals surface area contributed by atoms with Gasteiger partial charge in [0.2, 0.25) is 0 Å². The summed E-state index contributed by atoms with van der Waals surface area (Å²) in [5.41, 5.74) is 6.18. The molecule has 0 unspecified atom stereocenters. The molecule has 0 aliphatic heterocycles. The molecule has 0 radical (unpaired) electrons. The highest BCUT2D eigenvalue weighted by molar-refractivity contribution is 5.36. The van der Waals surface area contributed by atoms with Crippen LogP contribution in [0.5, 0.6) is 0 Å². The molecule has 2 aromatic rings. The molecule has 0 heterocycles. The van der Waals surface area contributed by atoms with Crippen LogP contribution >= 0.6 is 0 Å². The minimum atomic E-state index is 0.202. The average Bonchev–Trinajstić information content (AvgIpc) is 2.86. The first-order valence-electron chi connectivity index (χ1n) is 9.10. The van der Waals surface area contributed by atoms with Crippen molar-refractivity contribution < 1.29 is 0 Å². The third kappa shape index (κ3) is 3.35. The molecule has 1 nitrogen and oxygen atoms in total. The van der Waals surface area contributed by atoms with Gasteiger partial charge in [-0.1, -0.05) is 67.8 Å². The van der Waals surface area contributed by atoms with Crippen molar-refractivity contribution in [2.75, 3.05) is 0 Å². The number of hydrogen-bond donors (Lipinski definition) is 1. The van der Waals surface area contributed by atoms with E-state index < -0.39 is 0 Å². The summed E-state index contributed by atoms with van der Waals surface area (Å²) in [5.74, 6) is 0.944. The highest BCUT2D eigenvalue weighted by Crippen LogP contribution is 2.31. The van der Waals surface area contributed by atoms with Crippen LogP contribution < -0.4 is 5.32 Å². The molecule has 2 aliphatic rings. The molecular weight excluding hydrogens is 278 g/mol. The second-order valence-corrected chi connectivity index (χ2v) is 7.86. The van der Waals surface area contributed by atoms with Crippen molar-refractivity contribution in [1.82, 2.24) is 5.32 Å². The monoisotopic (exact) mass is 305 g/mol. The molecule has 2 aromatic carbocycles. The Morgan fingerprint density at radius 2 is 1.65 bits per heavy atom. The fourth-order valence-corrected chi connectivity index (χ4v) is 4.14. The number of nitrogens with one attached hydrogen (secondary N) is 1. The first-order chi connectivity index (χ1) is 11.2. The summed E-state index contributed by atoms with van der Waals surface area (Å²) in [6, 6.07) is 18.1. The van der Waals surface area contributed by atoms with Crippen LogP contribution in [0.25, 0.3) is 0 Å². The van der Waals surface area contributed by atoms with Gasteiger partial charge in [0.15, 0.2) is 0 Å². The van der Waals surface area contributed by atoms with Crippen molar-refractivity contribution in [2.45, 2.75) is 57.5 Å². The number of benzene rings is 2. The Morgan fingerprint density at radius 1 is 0.957 bits per heavy atom. The summed E-state index contributed by atoms with van der Waals surface area (Å²) in [5, 5.41) is 3.83. The molecule has 0 aromatic heterocycles. The number of rotatable bonds is 5. The topological polar surface area (TPSA) is 12.0 Å². The van der Waals surface area contributed by atoms with E-state index in [1.165, 1.54) is 47.9 Å². The largest absolute Gasteiger partial charge is 0.307 e. The Labute approximate surface area is 140 Å². The van der Waals surface area contributed by atoms with Crippen molar-refractivity contribution in [3.63, 3.8) is 0 Å². The van der Waals surface area contributed by atoms with Crippen LogP contribution in [0, 0.1) is 5.92 Å². The van der Waals surface area contributed by atoms with Crippen molar-refractivity contribution >= 4 is 0 Å². The summed E-state index contributed by atoms with van der Waals surface area (Å²) in [6.07, 6.45) is 7.86. The van der Waals surface area contributed by atoms with Crippen molar-refractivity contribution in [2.24, 2.45) is 5.92 Å². The van der Waals surface area contributed by atoms with Gasteiger partial charge in [-0.15, -0.1) is 0 Å². The molecule has 2 aliphatic carbocycles. The maximum atomic E-state index is 3.83. The van der Waals surface area contributed by atoms with Crippen molar-refractivity contribution in [3.8, 4) is 0 Å². The summed E-state index contributed by atoms with van der Waals surface area (Å²) in [4.78, 5) is 0. The highest BCUT2D eigenvalue weighted by atomic mass is 15.0. The SMILES string of the molecule is CC1(NCc2cccc(CC3CCC3)c2)Cc2ccccc2C1. The van der Waals surface area contributed by atoms with Crippen LogP contribution in [0.2, 0.25) is 0 Å². The molecule has 1 N–H and O–H groups in total. The van der Waals surface area contributed by atoms with E-state index in [0.29, 0.717) is 0 Å². The molecule has 23 heavy (non-hydrogen) atoms. The summed E-state index contributed by atoms with van der Waals surface area (Å²) in [7, 11) is 0. The van der Waals surface area contributed by atoms with Crippen molar-refractivity contribution in [3.05, 3.63) is 70.8 Å². The predicted molar refractivity (Wildman–Crippen MR) is 96.6 cm³/mol. The first-order valence-corrected chi connectivity index (χ1v) is 9.10. The van der Waals surface area contributed by atoms with Gasteiger partial charge in [0.1, 0.15) is 0 Å². The number of hydrogen-bond acceptors (Lipinski definition) is 1. The predicted octanol–water partition coefficient (Wildman–Crippen LogP) is 4.68. The van der Waals surface area contributed by atoms with Gasteiger partial charge in [0.05, 0.1) is 0 Å². The summed E-state index contributed by atoms with van der Waals surface area (Å²) in [6.45, 7) is 3.34. The minimum Gasteiger partial charge on any atom is -0.307 e. The molecule has 120 valence electrons. The van der Waals surface area contributed by atoms with E-state index in [9.17, 15) is 0 Å². The highest BCUT2D eigenvalue weighted by Gasteiger charge is 2.31. The van der Waals surface area contributed by atoms with Crippen LogP contribution in [0.1, 0.15) is 48.4 Å². The molecular formula is C22H27N. The molecule has 1 saturated carbocycles. The Hall–Kier alpha value is -1.60. The van der Waals surface area contributed by atoms with Crippen LogP contribution in [0.3, 0.4) is 0 Å². The van der Waals surface area contributed by atoms with Crippen LogP contribution in [0.15, 0.2) is 48.5 Å². The van der Waals surface area contributed by atoms with E-state index >= 15 is 0 Å². The van der Waals surface area contributed by atoms with Gasteiger partial charge in [0.25, 0.3) is 0 Å². The second kappa shape index (κ2) is 6.13. The van der Waals surface area contributed by atoms with Gasteiger partial charge in [-0.05, 0) is 54.4 Å². The molecule has 1 fully saturated rings. The summed E-state index contributed by atoms with van der Waals surface area (Å²) < 4.78 is 0. The van der Waals surface area contributed by atoms with Gasteiger partial charge in [-0.2, -0.15) is 0 Å². The maximum absolute atomic E-state index is 3.83. The Morgan fingerprint density at radius 3 is 2.30 bits per heavy atom. The molecule has 0 bridgehead atoms. The van der Waals surface area contributed by atoms with E-state index in [1.807, 2.05) is 0 Å². The van der Waals surface area contributed by atoms with Gasteiger partial charge in [0, 0.05) is 12.1 Å².